The van der Waals surface area contributed by atoms with Crippen LogP contribution in [0.15, 0.2) is 12.3 Å². The molecule has 1 saturated heterocycles. The zero-order valence-electron chi connectivity index (χ0n) is 17.5. The maximum Gasteiger partial charge on any atom is 0.454 e. The monoisotopic (exact) mass is 442 g/mol. The summed E-state index contributed by atoms with van der Waals surface area (Å²) in [5.74, 6) is -0.870. The van der Waals surface area contributed by atoms with E-state index < -0.39 is 23.8 Å². The first-order valence-corrected chi connectivity index (χ1v) is 11.1. The average molecular weight is 442 g/mol. The minimum atomic E-state index is -4.88. The van der Waals surface area contributed by atoms with Gasteiger partial charge in [0.05, 0.1) is 5.92 Å². The number of allylic oxidation sites excluding steroid dienone is 1. The lowest BCUT2D eigenvalue weighted by Crippen LogP contribution is -2.60. The number of nitrogens with zero attached hydrogens (tertiary/aromatic N) is 1. The number of nitrogens with one attached hydrogen (secondary N) is 1. The molecule has 0 unspecified atom stereocenters. The summed E-state index contributed by atoms with van der Waals surface area (Å²) in [6.45, 7) is 0.405. The Morgan fingerprint density at radius 2 is 1.55 bits per heavy atom. The molecule has 0 aromatic rings. The molecule has 5 rings (SSSR count). The Hall–Kier alpha value is -2.06. The second-order valence-corrected chi connectivity index (χ2v) is 9.84. The van der Waals surface area contributed by atoms with Crippen LogP contribution in [-0.2, 0) is 19.1 Å². The Morgan fingerprint density at radius 1 is 1.00 bits per heavy atom. The lowest BCUT2D eigenvalue weighted by molar-refractivity contribution is -0.165. The smallest absolute Gasteiger partial charge is 0.454 e. The van der Waals surface area contributed by atoms with Crippen molar-refractivity contribution in [1.29, 1.82) is 0 Å². The van der Waals surface area contributed by atoms with Gasteiger partial charge in [0.2, 0.25) is 0 Å². The highest BCUT2D eigenvalue weighted by Crippen LogP contribution is 2.55. The van der Waals surface area contributed by atoms with Crippen molar-refractivity contribution in [3.05, 3.63) is 12.3 Å². The molecule has 4 bridgehead atoms. The van der Waals surface area contributed by atoms with E-state index in [1.165, 1.54) is 19.3 Å². The van der Waals surface area contributed by atoms with Crippen LogP contribution < -0.4 is 5.32 Å². The first-order valence-electron chi connectivity index (χ1n) is 11.1. The van der Waals surface area contributed by atoms with Gasteiger partial charge in [-0.1, -0.05) is 0 Å². The number of alkyl halides is 3. The van der Waals surface area contributed by atoms with Crippen LogP contribution >= 0.6 is 0 Å². The van der Waals surface area contributed by atoms with Gasteiger partial charge in [-0.25, -0.2) is 0 Å². The highest BCUT2D eigenvalue weighted by molar-refractivity contribution is 5.94. The molecule has 1 N–H and O–H groups in total. The average Bonchev–Trinajstić information content (AvgIpc) is 2.68. The van der Waals surface area contributed by atoms with Gasteiger partial charge >= 0.3 is 12.1 Å². The van der Waals surface area contributed by atoms with E-state index in [1.54, 1.807) is 4.90 Å². The number of amides is 1. The van der Waals surface area contributed by atoms with E-state index in [0.29, 0.717) is 49.8 Å². The fourth-order valence-electron chi connectivity index (χ4n) is 6.40. The number of carbonyl (C=O) groups excluding carboxylic acids is 3. The molecule has 0 aromatic carbocycles. The van der Waals surface area contributed by atoms with Gasteiger partial charge in [-0.15, -0.1) is 0 Å². The summed E-state index contributed by atoms with van der Waals surface area (Å²) in [6.07, 6.45) is 4.48. The summed E-state index contributed by atoms with van der Waals surface area (Å²) in [5, 5.41) is 3.17. The Morgan fingerprint density at radius 3 is 2.06 bits per heavy atom. The Bertz CT molecular complexity index is 721. The molecule has 0 atom stereocenters. The number of rotatable bonds is 6. The number of carbonyl (C=O) groups is 3. The van der Waals surface area contributed by atoms with E-state index in [4.69, 9.17) is 4.74 Å². The van der Waals surface area contributed by atoms with Crippen molar-refractivity contribution in [2.75, 3.05) is 19.7 Å². The van der Waals surface area contributed by atoms with Crippen molar-refractivity contribution in [3.8, 4) is 0 Å². The van der Waals surface area contributed by atoms with E-state index >= 15 is 0 Å². The predicted molar refractivity (Wildman–Crippen MR) is 105 cm³/mol. The molecule has 0 aromatic heterocycles. The summed E-state index contributed by atoms with van der Waals surface area (Å²) in [6, 6.07) is 0. The lowest BCUT2D eigenvalue weighted by Gasteiger charge is -2.56. The van der Waals surface area contributed by atoms with Gasteiger partial charge < -0.3 is 15.0 Å². The number of halogens is 3. The minimum absolute atomic E-state index is 0.121. The van der Waals surface area contributed by atoms with Crippen LogP contribution in [0.25, 0.3) is 0 Å². The quantitative estimate of drug-likeness (QED) is 0.506. The standard InChI is InChI=1S/C22H29F3N2O4/c23-22(24,25)18(28)3-6-27-4-1-17(2-5-27)20(30)31-13-19(29)26-21-10-14-7-15(11-21)9-16(8-14)12-21/h3,6,14-17H,1-2,4-5,7-13H2,(H,26,29). The molecular weight excluding hydrogens is 413 g/mol. The molecular formula is C22H29F3N2O4. The van der Waals surface area contributed by atoms with E-state index in [0.717, 1.165) is 25.5 Å². The summed E-state index contributed by atoms with van der Waals surface area (Å²) in [4.78, 5) is 37.3. The summed E-state index contributed by atoms with van der Waals surface area (Å²) in [5.41, 5.74) is -0.121. The highest BCUT2D eigenvalue weighted by atomic mass is 19.4. The van der Waals surface area contributed by atoms with Gasteiger partial charge in [-0.3, -0.25) is 14.4 Å². The molecule has 4 aliphatic carbocycles. The fourth-order valence-corrected chi connectivity index (χ4v) is 6.40. The normalized spacial score (nSPS) is 33.0. The van der Waals surface area contributed by atoms with Crippen LogP contribution in [-0.4, -0.2) is 54.0 Å². The largest absolute Gasteiger partial charge is 0.455 e. The molecule has 5 fully saturated rings. The summed E-state index contributed by atoms with van der Waals surface area (Å²) >= 11 is 0. The molecule has 1 heterocycles. The molecule has 1 aliphatic heterocycles. The maximum absolute atomic E-state index is 12.5. The van der Waals surface area contributed by atoms with Crippen molar-refractivity contribution in [1.82, 2.24) is 10.2 Å². The Kier molecular flexibility index (Phi) is 6.05. The molecule has 1 amide bonds. The summed E-state index contributed by atoms with van der Waals surface area (Å²) in [7, 11) is 0. The SMILES string of the molecule is O=C(COC(=O)C1CCN(C=CC(=O)C(F)(F)F)CC1)NC12CC3CC(CC(C3)C1)C2. The lowest BCUT2D eigenvalue weighted by atomic mass is 9.53. The van der Waals surface area contributed by atoms with Gasteiger partial charge in [0, 0.05) is 30.9 Å². The number of likely N-dealkylation sites (tertiary alicyclic amines) is 1. The van der Waals surface area contributed by atoms with Crippen molar-refractivity contribution < 1.29 is 32.3 Å². The van der Waals surface area contributed by atoms with Crippen LogP contribution in [0.4, 0.5) is 13.2 Å². The first-order chi connectivity index (χ1) is 14.6. The summed E-state index contributed by atoms with van der Waals surface area (Å²) < 4.78 is 42.0. The molecule has 4 saturated carbocycles. The third kappa shape index (κ3) is 5.23. The maximum atomic E-state index is 12.5. The van der Waals surface area contributed by atoms with Crippen LogP contribution in [0.3, 0.4) is 0 Å². The van der Waals surface area contributed by atoms with Gasteiger partial charge in [0.25, 0.3) is 11.7 Å². The second kappa shape index (κ2) is 8.47. The predicted octanol–water partition coefficient (Wildman–Crippen LogP) is 2.97. The Balaban J connectivity index is 1.18. The van der Waals surface area contributed by atoms with E-state index in [9.17, 15) is 27.6 Å². The van der Waals surface area contributed by atoms with Gasteiger partial charge in [0.15, 0.2) is 6.61 Å². The van der Waals surface area contributed by atoms with Crippen LogP contribution in [0.1, 0.15) is 51.4 Å². The zero-order chi connectivity index (χ0) is 22.2. The third-order valence-corrected chi connectivity index (χ3v) is 7.37. The molecule has 0 spiro atoms. The van der Waals surface area contributed by atoms with Crippen LogP contribution in [0.2, 0.25) is 0 Å². The molecule has 31 heavy (non-hydrogen) atoms. The van der Waals surface area contributed by atoms with Gasteiger partial charge in [-0.2, -0.15) is 13.2 Å². The second-order valence-electron chi connectivity index (χ2n) is 9.84. The fraction of sp³-hybridized carbons (Fsp3) is 0.773. The molecule has 172 valence electrons. The van der Waals surface area contributed by atoms with Crippen molar-refractivity contribution in [3.63, 3.8) is 0 Å². The highest BCUT2D eigenvalue weighted by Gasteiger charge is 2.51. The van der Waals surface area contributed by atoms with E-state index in [2.05, 4.69) is 5.32 Å². The van der Waals surface area contributed by atoms with E-state index in [1.807, 2.05) is 0 Å². The van der Waals surface area contributed by atoms with Crippen molar-refractivity contribution >= 4 is 17.7 Å². The molecule has 5 aliphatic rings. The first kappa shape index (κ1) is 22.1. The minimum Gasteiger partial charge on any atom is -0.455 e. The van der Waals surface area contributed by atoms with Gasteiger partial charge in [0.1, 0.15) is 0 Å². The number of hydrogen-bond acceptors (Lipinski definition) is 5. The number of ketones is 1. The van der Waals surface area contributed by atoms with Crippen LogP contribution in [0.5, 0.6) is 0 Å². The molecule has 9 heteroatoms. The number of ether oxygens (including phenoxy) is 1. The zero-order valence-corrected chi connectivity index (χ0v) is 17.5. The number of piperidine rings is 1. The molecule has 0 radical (unpaired) electrons. The van der Waals surface area contributed by atoms with Gasteiger partial charge in [-0.05, 0) is 69.1 Å². The Labute approximate surface area is 179 Å². The third-order valence-electron chi connectivity index (χ3n) is 7.37. The van der Waals surface area contributed by atoms with Crippen molar-refractivity contribution in [2.45, 2.75) is 63.1 Å². The number of esters is 1. The van der Waals surface area contributed by atoms with E-state index in [-0.39, 0.29) is 18.1 Å². The topological polar surface area (TPSA) is 75.7 Å². The number of hydrogen-bond donors (Lipinski definition) is 1. The van der Waals surface area contributed by atoms with Crippen LogP contribution in [0, 0.1) is 23.7 Å². The molecule has 6 nitrogen and oxygen atoms in total. The van der Waals surface area contributed by atoms with Crippen molar-refractivity contribution in [2.24, 2.45) is 23.7 Å².